The summed E-state index contributed by atoms with van der Waals surface area (Å²) in [6.45, 7) is 10.4. The zero-order chi connectivity index (χ0) is 12.0. The maximum absolute atomic E-state index is 9.21. The smallest absolute Gasteiger partial charge is 0.116 e. The minimum Gasteiger partial charge on any atom is -0.300 e. The van der Waals surface area contributed by atoms with Gasteiger partial charge in [-0.3, -0.25) is 5.32 Å². The summed E-state index contributed by atoms with van der Waals surface area (Å²) in [5.74, 6) is 0.856. The Hall–Kier alpha value is -0.590. The number of likely N-dealkylation sites (N-methyl/N-ethyl adjacent to an activating group) is 1. The van der Waals surface area contributed by atoms with Crippen LogP contribution in [0.2, 0.25) is 0 Å². The van der Waals surface area contributed by atoms with Gasteiger partial charge < -0.3 is 4.90 Å². The topological polar surface area (TPSA) is 39.1 Å². The molecule has 0 saturated carbocycles. The van der Waals surface area contributed by atoms with Crippen LogP contribution in [-0.2, 0) is 0 Å². The molecule has 1 fully saturated rings. The van der Waals surface area contributed by atoms with E-state index in [1.807, 2.05) is 6.92 Å². The Morgan fingerprint density at radius 3 is 2.81 bits per heavy atom. The maximum atomic E-state index is 9.21. The summed E-state index contributed by atoms with van der Waals surface area (Å²) in [5, 5.41) is 12.5. The first-order chi connectivity index (χ1) is 7.63. The van der Waals surface area contributed by atoms with E-state index in [2.05, 4.69) is 30.1 Å². The second-order valence-corrected chi connectivity index (χ2v) is 5.15. The number of rotatable bonds is 6. The quantitative estimate of drug-likeness (QED) is 0.748. The molecule has 1 N–H and O–H groups in total. The van der Waals surface area contributed by atoms with Crippen LogP contribution in [0.1, 0.15) is 40.0 Å². The molecule has 0 aliphatic carbocycles. The molecule has 1 saturated heterocycles. The van der Waals surface area contributed by atoms with Gasteiger partial charge in [-0.2, -0.15) is 5.26 Å². The number of nitriles is 1. The van der Waals surface area contributed by atoms with Crippen molar-refractivity contribution in [2.45, 2.75) is 45.6 Å². The molecule has 3 heteroatoms. The lowest BCUT2D eigenvalue weighted by Crippen LogP contribution is -2.49. The van der Waals surface area contributed by atoms with Gasteiger partial charge in [-0.05, 0) is 38.8 Å². The molecular formula is C13H25N3. The standard InChI is InChI=1S/C13H25N3/c1-4-6-12-7-8-16(9-12)11-13(3,10-14)15-5-2/h12,15H,4-9,11H2,1-3H3. The summed E-state index contributed by atoms with van der Waals surface area (Å²) < 4.78 is 0. The molecule has 0 bridgehead atoms. The molecule has 16 heavy (non-hydrogen) atoms. The highest BCUT2D eigenvalue weighted by Crippen LogP contribution is 2.22. The lowest BCUT2D eigenvalue weighted by atomic mass is 10.0. The van der Waals surface area contributed by atoms with Crippen LogP contribution in [0.4, 0.5) is 0 Å². The van der Waals surface area contributed by atoms with Gasteiger partial charge >= 0.3 is 0 Å². The predicted molar refractivity (Wildman–Crippen MR) is 67.1 cm³/mol. The van der Waals surface area contributed by atoms with Gasteiger partial charge in [0.25, 0.3) is 0 Å². The van der Waals surface area contributed by atoms with Crippen LogP contribution in [0, 0.1) is 17.2 Å². The van der Waals surface area contributed by atoms with Crippen LogP contribution in [0.15, 0.2) is 0 Å². The van der Waals surface area contributed by atoms with E-state index in [-0.39, 0.29) is 5.54 Å². The minimum absolute atomic E-state index is 0.379. The third kappa shape index (κ3) is 3.77. The Labute approximate surface area is 99.8 Å². The average molecular weight is 223 g/mol. The minimum atomic E-state index is -0.379. The van der Waals surface area contributed by atoms with Crippen molar-refractivity contribution in [3.8, 4) is 6.07 Å². The predicted octanol–water partition coefficient (Wildman–Crippen LogP) is 2.00. The molecule has 92 valence electrons. The number of nitrogens with zero attached hydrogens (tertiary/aromatic N) is 2. The fourth-order valence-electron chi connectivity index (χ4n) is 2.67. The van der Waals surface area contributed by atoms with Gasteiger partial charge in [-0.1, -0.05) is 20.3 Å². The summed E-state index contributed by atoms with van der Waals surface area (Å²) in [7, 11) is 0. The van der Waals surface area contributed by atoms with E-state index in [0.717, 1.165) is 25.6 Å². The molecular weight excluding hydrogens is 198 g/mol. The van der Waals surface area contributed by atoms with Crippen LogP contribution in [0.3, 0.4) is 0 Å². The van der Waals surface area contributed by atoms with Gasteiger partial charge in [0.15, 0.2) is 0 Å². The highest BCUT2D eigenvalue weighted by atomic mass is 15.2. The first-order valence-electron chi connectivity index (χ1n) is 6.52. The van der Waals surface area contributed by atoms with Crippen molar-refractivity contribution >= 4 is 0 Å². The Kier molecular flexibility index (Phi) is 5.24. The van der Waals surface area contributed by atoms with Crippen LogP contribution < -0.4 is 5.32 Å². The highest BCUT2D eigenvalue weighted by molar-refractivity contribution is 5.06. The average Bonchev–Trinajstić information content (AvgIpc) is 2.66. The Morgan fingerprint density at radius 1 is 1.50 bits per heavy atom. The summed E-state index contributed by atoms with van der Waals surface area (Å²) >= 11 is 0. The number of likely N-dealkylation sites (tertiary alicyclic amines) is 1. The van der Waals surface area contributed by atoms with Crippen LogP contribution >= 0.6 is 0 Å². The third-order valence-electron chi connectivity index (χ3n) is 3.42. The molecule has 0 aromatic heterocycles. The van der Waals surface area contributed by atoms with Gasteiger partial charge in [0.1, 0.15) is 5.54 Å². The van der Waals surface area contributed by atoms with E-state index in [0.29, 0.717) is 0 Å². The number of hydrogen-bond donors (Lipinski definition) is 1. The highest BCUT2D eigenvalue weighted by Gasteiger charge is 2.30. The zero-order valence-electron chi connectivity index (χ0n) is 10.9. The van der Waals surface area contributed by atoms with Crippen molar-refractivity contribution in [3.63, 3.8) is 0 Å². The lowest BCUT2D eigenvalue weighted by Gasteiger charge is -2.28. The first-order valence-corrected chi connectivity index (χ1v) is 6.52. The maximum Gasteiger partial charge on any atom is 0.116 e. The molecule has 1 aliphatic rings. The van der Waals surface area contributed by atoms with Crippen LogP contribution in [0.5, 0.6) is 0 Å². The normalized spacial score (nSPS) is 25.2. The van der Waals surface area contributed by atoms with E-state index >= 15 is 0 Å². The second kappa shape index (κ2) is 6.22. The van der Waals surface area contributed by atoms with Crippen LogP contribution in [-0.4, -0.2) is 36.6 Å². The van der Waals surface area contributed by atoms with Crippen LogP contribution in [0.25, 0.3) is 0 Å². The Morgan fingerprint density at radius 2 is 2.25 bits per heavy atom. The number of nitrogens with one attached hydrogen (secondary N) is 1. The molecule has 1 heterocycles. The second-order valence-electron chi connectivity index (χ2n) is 5.15. The van der Waals surface area contributed by atoms with Crippen molar-refractivity contribution in [1.29, 1.82) is 5.26 Å². The molecule has 3 nitrogen and oxygen atoms in total. The van der Waals surface area contributed by atoms with Crippen molar-refractivity contribution < 1.29 is 0 Å². The Bertz CT molecular complexity index is 246. The Balaban J connectivity index is 2.40. The number of hydrogen-bond acceptors (Lipinski definition) is 3. The van der Waals surface area contributed by atoms with E-state index in [9.17, 15) is 5.26 Å². The molecule has 1 aliphatic heterocycles. The summed E-state index contributed by atoms with van der Waals surface area (Å²) in [5.41, 5.74) is -0.379. The zero-order valence-corrected chi connectivity index (χ0v) is 10.9. The molecule has 0 aromatic carbocycles. The molecule has 0 amide bonds. The van der Waals surface area contributed by atoms with Gasteiger partial charge in [0, 0.05) is 13.1 Å². The van der Waals surface area contributed by atoms with E-state index in [1.54, 1.807) is 0 Å². The van der Waals surface area contributed by atoms with Gasteiger partial charge in [-0.25, -0.2) is 0 Å². The first kappa shape index (κ1) is 13.5. The van der Waals surface area contributed by atoms with E-state index < -0.39 is 0 Å². The fourth-order valence-corrected chi connectivity index (χ4v) is 2.67. The molecule has 2 atom stereocenters. The van der Waals surface area contributed by atoms with Gasteiger partial charge in [-0.15, -0.1) is 0 Å². The monoisotopic (exact) mass is 223 g/mol. The van der Waals surface area contributed by atoms with Crippen molar-refractivity contribution in [2.75, 3.05) is 26.2 Å². The van der Waals surface area contributed by atoms with E-state index in [4.69, 9.17) is 0 Å². The van der Waals surface area contributed by atoms with Crippen molar-refractivity contribution in [3.05, 3.63) is 0 Å². The van der Waals surface area contributed by atoms with Gasteiger partial charge in [0.05, 0.1) is 6.07 Å². The van der Waals surface area contributed by atoms with Gasteiger partial charge in [0.2, 0.25) is 0 Å². The molecule has 0 aromatic rings. The largest absolute Gasteiger partial charge is 0.300 e. The molecule has 2 unspecified atom stereocenters. The lowest BCUT2D eigenvalue weighted by molar-refractivity contribution is 0.254. The molecule has 0 spiro atoms. The third-order valence-corrected chi connectivity index (χ3v) is 3.42. The fraction of sp³-hybridized carbons (Fsp3) is 0.923. The van der Waals surface area contributed by atoms with E-state index in [1.165, 1.54) is 25.8 Å². The van der Waals surface area contributed by atoms with Crippen molar-refractivity contribution in [1.82, 2.24) is 10.2 Å². The summed E-state index contributed by atoms with van der Waals surface area (Å²) in [6, 6.07) is 2.40. The molecule has 0 radical (unpaired) electrons. The summed E-state index contributed by atoms with van der Waals surface area (Å²) in [4.78, 5) is 2.44. The summed E-state index contributed by atoms with van der Waals surface area (Å²) in [6.07, 6.45) is 3.92. The van der Waals surface area contributed by atoms with Crippen molar-refractivity contribution in [2.24, 2.45) is 5.92 Å². The SMILES string of the molecule is CCCC1CCN(CC(C)(C#N)NCC)C1. The molecule has 1 rings (SSSR count).